The van der Waals surface area contributed by atoms with Gasteiger partial charge in [-0.05, 0) is 53.0 Å². The summed E-state index contributed by atoms with van der Waals surface area (Å²) in [5.41, 5.74) is 8.42. The molecule has 3 N–H and O–H groups in total. The highest BCUT2D eigenvalue weighted by molar-refractivity contribution is 9.10. The summed E-state index contributed by atoms with van der Waals surface area (Å²) in [5.74, 6) is 0.0644. The van der Waals surface area contributed by atoms with Crippen molar-refractivity contribution in [1.29, 1.82) is 0 Å². The van der Waals surface area contributed by atoms with Crippen molar-refractivity contribution >= 4 is 33.3 Å². The number of hydrogen-bond acceptors (Lipinski definition) is 3. The smallest absolute Gasteiger partial charge is 0.142 e. The number of rotatable bonds is 4. The van der Waals surface area contributed by atoms with Crippen LogP contribution in [0.1, 0.15) is 29.7 Å². The van der Waals surface area contributed by atoms with E-state index in [0.29, 0.717) is 12.4 Å². The van der Waals surface area contributed by atoms with Crippen molar-refractivity contribution in [2.75, 3.05) is 5.73 Å². The molecule has 0 spiro atoms. The predicted octanol–water partition coefficient (Wildman–Crippen LogP) is 4.38. The van der Waals surface area contributed by atoms with Gasteiger partial charge in [-0.3, -0.25) is 0 Å². The first kappa shape index (κ1) is 16.2. The summed E-state index contributed by atoms with van der Waals surface area (Å²) in [4.78, 5) is 4.08. The van der Waals surface area contributed by atoms with Crippen LogP contribution in [0.25, 0.3) is 0 Å². The Balaban J connectivity index is 2.17. The molecule has 0 saturated carbocycles. The van der Waals surface area contributed by atoms with Crippen LogP contribution < -0.4 is 11.1 Å². The fourth-order valence-corrected chi connectivity index (χ4v) is 2.95. The lowest BCUT2D eigenvalue weighted by molar-refractivity contribution is 0.562. The molecule has 112 valence electrons. The van der Waals surface area contributed by atoms with Gasteiger partial charge < -0.3 is 11.1 Å². The third-order valence-corrected chi connectivity index (χ3v) is 4.17. The summed E-state index contributed by atoms with van der Waals surface area (Å²) >= 11 is 9.44. The monoisotopic (exact) mass is 371 g/mol. The van der Waals surface area contributed by atoms with Crippen molar-refractivity contribution in [3.8, 4) is 0 Å². The van der Waals surface area contributed by atoms with Gasteiger partial charge in [-0.15, -0.1) is 0 Å². The van der Waals surface area contributed by atoms with Crippen LogP contribution in [0.3, 0.4) is 0 Å². The zero-order valence-corrected chi connectivity index (χ0v) is 14.1. The first-order valence-corrected chi connectivity index (χ1v) is 7.65. The number of aryl methyl sites for hydroxylation is 1. The molecule has 0 amide bonds. The molecule has 0 bridgehead atoms. The fraction of sp³-hybridized carbons (Fsp3) is 0.267. The number of nitrogen functional groups attached to an aromatic ring is 1. The Hall–Kier alpha value is -1.17. The van der Waals surface area contributed by atoms with Gasteiger partial charge >= 0.3 is 0 Å². The number of pyridine rings is 1. The van der Waals surface area contributed by atoms with Gasteiger partial charge in [-0.2, -0.15) is 0 Å². The Morgan fingerprint density at radius 2 is 2.19 bits per heavy atom. The quantitative estimate of drug-likeness (QED) is 0.837. The molecule has 2 rings (SSSR count). The highest BCUT2D eigenvalue weighted by Gasteiger charge is 2.16. The average molecular weight is 373 g/mol. The first-order valence-electron chi connectivity index (χ1n) is 6.48. The van der Waals surface area contributed by atoms with Crippen molar-refractivity contribution < 1.29 is 4.39 Å². The van der Waals surface area contributed by atoms with E-state index in [1.54, 1.807) is 12.3 Å². The van der Waals surface area contributed by atoms with Crippen LogP contribution in [-0.4, -0.2) is 4.98 Å². The van der Waals surface area contributed by atoms with Crippen LogP contribution in [-0.2, 0) is 6.54 Å². The topological polar surface area (TPSA) is 50.9 Å². The van der Waals surface area contributed by atoms with E-state index < -0.39 is 5.82 Å². The number of benzene rings is 1. The Labute approximate surface area is 136 Å². The summed E-state index contributed by atoms with van der Waals surface area (Å²) in [7, 11) is 0. The van der Waals surface area contributed by atoms with Gasteiger partial charge in [0.2, 0.25) is 0 Å². The maximum Gasteiger partial charge on any atom is 0.142 e. The normalized spacial score (nSPS) is 12.4. The highest BCUT2D eigenvalue weighted by Crippen LogP contribution is 2.29. The van der Waals surface area contributed by atoms with Gasteiger partial charge in [0.05, 0.1) is 5.02 Å². The van der Waals surface area contributed by atoms with Gasteiger partial charge in [-0.1, -0.05) is 17.7 Å². The van der Waals surface area contributed by atoms with E-state index in [-0.39, 0.29) is 11.1 Å². The second-order valence-electron chi connectivity index (χ2n) is 4.89. The number of halogens is 3. The lowest BCUT2D eigenvalue weighted by Gasteiger charge is -2.19. The lowest BCUT2D eigenvalue weighted by Crippen LogP contribution is -2.20. The summed E-state index contributed by atoms with van der Waals surface area (Å²) in [5, 5.41) is 3.46. The molecule has 2 aromatic rings. The molecular weight excluding hydrogens is 357 g/mol. The van der Waals surface area contributed by atoms with Gasteiger partial charge in [0, 0.05) is 28.8 Å². The summed E-state index contributed by atoms with van der Waals surface area (Å²) in [6.07, 6.45) is 1.65. The van der Waals surface area contributed by atoms with Crippen molar-refractivity contribution in [2.45, 2.75) is 26.4 Å². The van der Waals surface area contributed by atoms with Crippen LogP contribution in [0.5, 0.6) is 0 Å². The van der Waals surface area contributed by atoms with E-state index in [1.165, 1.54) is 6.07 Å². The fourth-order valence-electron chi connectivity index (χ4n) is 2.19. The summed E-state index contributed by atoms with van der Waals surface area (Å²) < 4.78 is 14.5. The van der Waals surface area contributed by atoms with Crippen molar-refractivity contribution in [2.24, 2.45) is 0 Å². The van der Waals surface area contributed by atoms with E-state index >= 15 is 0 Å². The number of nitrogens with two attached hydrogens (primary N) is 1. The van der Waals surface area contributed by atoms with Crippen LogP contribution in [0.15, 0.2) is 28.9 Å². The van der Waals surface area contributed by atoms with E-state index in [2.05, 4.69) is 26.2 Å². The van der Waals surface area contributed by atoms with E-state index in [4.69, 9.17) is 17.3 Å². The van der Waals surface area contributed by atoms with Crippen molar-refractivity contribution in [3.63, 3.8) is 0 Å². The molecule has 1 aromatic carbocycles. The van der Waals surface area contributed by atoms with Crippen LogP contribution >= 0.6 is 27.5 Å². The largest absolute Gasteiger partial charge is 0.383 e. The number of aromatic nitrogens is 1. The highest BCUT2D eigenvalue weighted by atomic mass is 79.9. The maximum atomic E-state index is 13.6. The minimum atomic E-state index is -0.408. The number of anilines is 1. The second kappa shape index (κ2) is 6.73. The second-order valence-corrected chi connectivity index (χ2v) is 6.19. The molecule has 6 heteroatoms. The third kappa shape index (κ3) is 3.73. The molecule has 0 radical (unpaired) electrons. The lowest BCUT2D eigenvalue weighted by atomic mass is 10.0. The van der Waals surface area contributed by atoms with Gasteiger partial charge in [0.15, 0.2) is 0 Å². The zero-order valence-electron chi connectivity index (χ0n) is 11.8. The molecule has 1 heterocycles. The van der Waals surface area contributed by atoms with Crippen LogP contribution in [0.2, 0.25) is 5.02 Å². The molecule has 0 aliphatic carbocycles. The van der Waals surface area contributed by atoms with Crippen molar-refractivity contribution in [1.82, 2.24) is 10.3 Å². The SMILES string of the molecule is Cc1ccc(F)c(Cl)c1C(C)NCc1cc(Br)cnc1N. The molecule has 1 unspecified atom stereocenters. The molecule has 1 atom stereocenters. The van der Waals surface area contributed by atoms with E-state index in [1.807, 2.05) is 19.9 Å². The van der Waals surface area contributed by atoms with Crippen molar-refractivity contribution in [3.05, 3.63) is 56.4 Å². The number of nitrogens with zero attached hydrogens (tertiary/aromatic N) is 1. The molecule has 1 aromatic heterocycles. The van der Waals surface area contributed by atoms with Gasteiger partial charge in [0.25, 0.3) is 0 Å². The predicted molar refractivity (Wildman–Crippen MR) is 87.8 cm³/mol. The van der Waals surface area contributed by atoms with Gasteiger partial charge in [-0.25, -0.2) is 9.37 Å². The zero-order chi connectivity index (χ0) is 15.6. The molecule has 0 aliphatic heterocycles. The minimum Gasteiger partial charge on any atom is -0.383 e. The number of nitrogens with one attached hydrogen (secondary N) is 1. The molecule has 0 fully saturated rings. The Kier molecular flexibility index (Phi) is 5.19. The molecule has 21 heavy (non-hydrogen) atoms. The van der Waals surface area contributed by atoms with Crippen LogP contribution in [0.4, 0.5) is 10.2 Å². The molecule has 3 nitrogen and oxygen atoms in total. The van der Waals surface area contributed by atoms with E-state index in [0.717, 1.165) is 21.2 Å². The van der Waals surface area contributed by atoms with Crippen LogP contribution in [0, 0.1) is 12.7 Å². The Bertz CT molecular complexity index is 664. The Morgan fingerprint density at radius 1 is 1.48 bits per heavy atom. The first-order chi connectivity index (χ1) is 9.90. The standard InChI is InChI=1S/C15H16BrClFN3/c1-8-3-4-12(18)14(17)13(8)9(2)20-6-10-5-11(16)7-21-15(10)19/h3-5,7,9,20H,6H2,1-2H3,(H2,19,21). The summed E-state index contributed by atoms with van der Waals surface area (Å²) in [6.45, 7) is 4.37. The Morgan fingerprint density at radius 3 is 2.90 bits per heavy atom. The minimum absolute atomic E-state index is 0.105. The van der Waals surface area contributed by atoms with E-state index in [9.17, 15) is 4.39 Å². The molecule has 0 saturated heterocycles. The number of hydrogen-bond donors (Lipinski definition) is 2. The molecule has 0 aliphatic rings. The average Bonchev–Trinajstić information content (AvgIpc) is 2.44. The third-order valence-electron chi connectivity index (χ3n) is 3.35. The van der Waals surface area contributed by atoms with Gasteiger partial charge in [0.1, 0.15) is 11.6 Å². The summed E-state index contributed by atoms with van der Waals surface area (Å²) in [6, 6.07) is 4.90. The maximum absolute atomic E-state index is 13.6. The molecular formula is C15H16BrClFN3.